The maximum Gasteiger partial charge on any atom is 0.0664 e. The van der Waals surface area contributed by atoms with Gasteiger partial charge in [-0.05, 0) is 18.1 Å². The summed E-state index contributed by atoms with van der Waals surface area (Å²) in [6, 6.07) is 5.56. The molecule has 74 valence electrons. The summed E-state index contributed by atoms with van der Waals surface area (Å²) in [5.74, 6) is 0.338. The van der Waals surface area contributed by atoms with Crippen molar-refractivity contribution in [3.63, 3.8) is 0 Å². The lowest BCUT2D eigenvalue weighted by molar-refractivity contribution is 0.281. The first-order valence-corrected chi connectivity index (χ1v) is 5.23. The topological polar surface area (TPSA) is 20.2 Å². The minimum atomic E-state index is 0.226. The first-order chi connectivity index (χ1) is 6.72. The maximum absolute atomic E-state index is 8.88. The van der Waals surface area contributed by atoms with Gasteiger partial charge in [0.05, 0.1) is 10.0 Å². The number of hydrogen-bond donors (Lipinski definition) is 1. The van der Waals surface area contributed by atoms with Crippen LogP contribution in [0.25, 0.3) is 6.08 Å². The van der Waals surface area contributed by atoms with Crippen LogP contribution in [0.2, 0.25) is 10.0 Å². The highest BCUT2D eigenvalue weighted by molar-refractivity contribution is 6.42. The van der Waals surface area contributed by atoms with Crippen LogP contribution in [0.4, 0.5) is 0 Å². The van der Waals surface area contributed by atoms with Crippen molar-refractivity contribution in [2.75, 3.05) is 6.61 Å². The van der Waals surface area contributed by atoms with E-state index in [4.69, 9.17) is 28.3 Å². The van der Waals surface area contributed by atoms with Gasteiger partial charge in [-0.2, -0.15) is 0 Å². The normalized spacial score (nSPS) is 22.8. The average molecular weight is 229 g/mol. The molecular formula is C11H10Cl2O. The van der Waals surface area contributed by atoms with Crippen molar-refractivity contribution in [2.24, 2.45) is 5.92 Å². The summed E-state index contributed by atoms with van der Waals surface area (Å²) in [7, 11) is 0. The van der Waals surface area contributed by atoms with Gasteiger partial charge >= 0.3 is 0 Å². The molecule has 0 bridgehead atoms. The second kappa shape index (κ2) is 3.93. The molecule has 1 saturated carbocycles. The first kappa shape index (κ1) is 10.0. The molecule has 0 aliphatic heterocycles. The number of aliphatic hydroxyl groups is 1. The van der Waals surface area contributed by atoms with Crippen molar-refractivity contribution < 1.29 is 5.11 Å². The van der Waals surface area contributed by atoms with Crippen molar-refractivity contribution >= 4 is 29.3 Å². The number of aliphatic hydroxyl groups excluding tert-OH is 1. The molecule has 1 aliphatic carbocycles. The lowest BCUT2D eigenvalue weighted by atomic mass is 10.2. The fourth-order valence-electron chi connectivity index (χ4n) is 1.42. The largest absolute Gasteiger partial charge is 0.396 e. The Hall–Kier alpha value is -0.500. The molecule has 1 fully saturated rings. The van der Waals surface area contributed by atoms with Crippen LogP contribution in [0.1, 0.15) is 12.0 Å². The molecule has 0 radical (unpaired) electrons. The quantitative estimate of drug-likeness (QED) is 0.824. The van der Waals surface area contributed by atoms with Crippen molar-refractivity contribution in [3.05, 3.63) is 39.4 Å². The highest BCUT2D eigenvalue weighted by Crippen LogP contribution is 2.40. The second-order valence-electron chi connectivity index (χ2n) is 3.45. The van der Waals surface area contributed by atoms with E-state index in [9.17, 15) is 0 Å². The van der Waals surface area contributed by atoms with Gasteiger partial charge in [-0.1, -0.05) is 47.0 Å². The van der Waals surface area contributed by atoms with Crippen LogP contribution in [0, 0.1) is 5.92 Å². The Balaban J connectivity index is 2.26. The summed E-state index contributed by atoms with van der Waals surface area (Å²) in [5, 5.41) is 10.0. The van der Waals surface area contributed by atoms with Crippen molar-refractivity contribution in [2.45, 2.75) is 6.42 Å². The van der Waals surface area contributed by atoms with E-state index in [1.165, 1.54) is 5.57 Å². The number of halogens is 2. The molecule has 1 N–H and O–H groups in total. The van der Waals surface area contributed by atoms with Crippen molar-refractivity contribution in [1.82, 2.24) is 0 Å². The van der Waals surface area contributed by atoms with Crippen LogP contribution in [0.3, 0.4) is 0 Å². The third-order valence-corrected chi connectivity index (χ3v) is 3.22. The molecule has 0 aromatic heterocycles. The van der Waals surface area contributed by atoms with Gasteiger partial charge < -0.3 is 5.11 Å². The van der Waals surface area contributed by atoms with Crippen LogP contribution >= 0.6 is 23.2 Å². The molecule has 0 amide bonds. The van der Waals surface area contributed by atoms with Gasteiger partial charge in [-0.3, -0.25) is 0 Å². The third kappa shape index (κ3) is 1.95. The van der Waals surface area contributed by atoms with Crippen LogP contribution in [0.5, 0.6) is 0 Å². The monoisotopic (exact) mass is 228 g/mol. The summed E-state index contributed by atoms with van der Waals surface area (Å²) in [6.07, 6.45) is 2.98. The van der Waals surface area contributed by atoms with Crippen LogP contribution in [0.15, 0.2) is 23.8 Å². The van der Waals surface area contributed by atoms with Gasteiger partial charge in [0.15, 0.2) is 0 Å². The zero-order chi connectivity index (χ0) is 10.1. The van der Waals surface area contributed by atoms with Gasteiger partial charge in [0, 0.05) is 12.5 Å². The SMILES string of the molecule is OCC1C/C1=C\c1cccc(Cl)c1Cl. The Labute approximate surface area is 93.0 Å². The molecule has 1 aromatic rings. The summed E-state index contributed by atoms with van der Waals surface area (Å²) in [5.41, 5.74) is 2.18. The molecule has 1 nitrogen and oxygen atoms in total. The van der Waals surface area contributed by atoms with E-state index in [0.717, 1.165) is 12.0 Å². The van der Waals surface area contributed by atoms with Gasteiger partial charge in [0.2, 0.25) is 0 Å². The zero-order valence-corrected chi connectivity index (χ0v) is 9.02. The first-order valence-electron chi connectivity index (χ1n) is 4.47. The Morgan fingerprint density at radius 1 is 1.43 bits per heavy atom. The van der Waals surface area contributed by atoms with Gasteiger partial charge in [-0.25, -0.2) is 0 Å². The fraction of sp³-hybridized carbons (Fsp3) is 0.273. The fourth-order valence-corrected chi connectivity index (χ4v) is 1.78. The predicted octanol–water partition coefficient (Wildman–Crippen LogP) is 3.39. The lowest BCUT2D eigenvalue weighted by Crippen LogP contribution is -1.82. The van der Waals surface area contributed by atoms with Crippen molar-refractivity contribution in [1.29, 1.82) is 0 Å². The molecule has 1 unspecified atom stereocenters. The Morgan fingerprint density at radius 2 is 2.21 bits per heavy atom. The van der Waals surface area contributed by atoms with Crippen LogP contribution in [-0.4, -0.2) is 11.7 Å². The zero-order valence-electron chi connectivity index (χ0n) is 7.50. The van der Waals surface area contributed by atoms with Crippen LogP contribution in [-0.2, 0) is 0 Å². The molecule has 0 saturated heterocycles. The van der Waals surface area contributed by atoms with E-state index in [0.29, 0.717) is 16.0 Å². The Bertz CT molecular complexity index is 385. The molecule has 1 aromatic carbocycles. The maximum atomic E-state index is 8.88. The minimum absolute atomic E-state index is 0.226. The number of rotatable bonds is 2. The molecule has 2 rings (SSSR count). The van der Waals surface area contributed by atoms with E-state index in [1.807, 2.05) is 18.2 Å². The minimum Gasteiger partial charge on any atom is -0.396 e. The lowest BCUT2D eigenvalue weighted by Gasteiger charge is -1.99. The van der Waals surface area contributed by atoms with E-state index >= 15 is 0 Å². The third-order valence-electron chi connectivity index (χ3n) is 2.39. The van der Waals surface area contributed by atoms with Gasteiger partial charge in [-0.15, -0.1) is 0 Å². The average Bonchev–Trinajstić information content (AvgIpc) is 2.92. The predicted molar refractivity (Wildman–Crippen MR) is 59.6 cm³/mol. The molecule has 1 aliphatic rings. The van der Waals surface area contributed by atoms with E-state index in [-0.39, 0.29) is 6.61 Å². The van der Waals surface area contributed by atoms with Crippen LogP contribution < -0.4 is 0 Å². The Morgan fingerprint density at radius 3 is 2.86 bits per heavy atom. The summed E-state index contributed by atoms with van der Waals surface area (Å²) in [4.78, 5) is 0. The Kier molecular flexibility index (Phi) is 2.82. The molecule has 0 heterocycles. The summed E-state index contributed by atoms with van der Waals surface area (Å²) < 4.78 is 0. The van der Waals surface area contributed by atoms with Gasteiger partial charge in [0.1, 0.15) is 0 Å². The summed E-state index contributed by atoms with van der Waals surface area (Å²) in [6.45, 7) is 0.226. The second-order valence-corrected chi connectivity index (χ2v) is 4.23. The smallest absolute Gasteiger partial charge is 0.0664 e. The molecule has 3 heteroatoms. The number of hydrogen-bond acceptors (Lipinski definition) is 1. The van der Waals surface area contributed by atoms with E-state index in [2.05, 4.69) is 0 Å². The highest BCUT2D eigenvalue weighted by atomic mass is 35.5. The summed E-state index contributed by atoms with van der Waals surface area (Å²) >= 11 is 11.9. The standard InChI is InChI=1S/C11H10Cl2O/c12-10-3-1-2-7(11(10)13)4-8-5-9(8)6-14/h1-4,9,14H,5-6H2/b8-4+. The molecule has 14 heavy (non-hydrogen) atoms. The molecule has 0 spiro atoms. The van der Waals surface area contributed by atoms with E-state index in [1.54, 1.807) is 6.07 Å². The van der Waals surface area contributed by atoms with E-state index < -0.39 is 0 Å². The van der Waals surface area contributed by atoms with Crippen molar-refractivity contribution in [3.8, 4) is 0 Å². The van der Waals surface area contributed by atoms with Gasteiger partial charge in [0.25, 0.3) is 0 Å². The molecular weight excluding hydrogens is 219 g/mol. The molecule has 1 atom stereocenters. The highest BCUT2D eigenvalue weighted by Gasteiger charge is 2.28. The number of benzene rings is 1.